The van der Waals surface area contributed by atoms with Crippen LogP contribution in [-0.4, -0.2) is 9.38 Å². The zero-order valence-electron chi connectivity index (χ0n) is 8.97. The van der Waals surface area contributed by atoms with Gasteiger partial charge in [-0.05, 0) is 30.3 Å². The first kappa shape index (κ1) is 9.84. The quantitative estimate of drug-likeness (QED) is 0.694. The number of fused-ring (bicyclic) bond motifs is 1. The first-order chi connectivity index (χ1) is 8.22. The molecule has 0 amide bonds. The molecule has 0 radical (unpaired) electrons. The number of pyridine rings is 1. The fourth-order valence-electron chi connectivity index (χ4n) is 1.76. The molecule has 0 bridgehead atoms. The molecule has 3 aromatic rings. The molecular weight excluding hydrogens is 217 g/mol. The molecule has 0 atom stereocenters. The van der Waals surface area contributed by atoms with Gasteiger partial charge >= 0.3 is 0 Å². The lowest BCUT2D eigenvalue weighted by Crippen LogP contribution is -1.87. The maximum Gasteiger partial charge on any atom is 0.139 e. The lowest BCUT2D eigenvalue weighted by molar-refractivity contribution is 0.628. The van der Waals surface area contributed by atoms with Crippen molar-refractivity contribution in [2.45, 2.75) is 0 Å². The lowest BCUT2D eigenvalue weighted by Gasteiger charge is -1.94. The van der Waals surface area contributed by atoms with Gasteiger partial charge in [-0.25, -0.2) is 9.37 Å². The van der Waals surface area contributed by atoms with Gasteiger partial charge in [-0.3, -0.25) is 0 Å². The van der Waals surface area contributed by atoms with E-state index in [1.165, 1.54) is 12.1 Å². The van der Waals surface area contributed by atoms with E-state index in [0.717, 1.165) is 16.9 Å². The first-order valence-electron chi connectivity index (χ1n) is 5.22. The number of hydrogen-bond acceptors (Lipinski definition) is 2. The number of imidazole rings is 1. The molecule has 0 fully saturated rings. The number of nitrogens with two attached hydrogens (primary N) is 1. The van der Waals surface area contributed by atoms with Crippen LogP contribution in [-0.2, 0) is 0 Å². The van der Waals surface area contributed by atoms with Gasteiger partial charge < -0.3 is 10.1 Å². The maximum atomic E-state index is 12.8. The Bertz CT molecular complexity index is 671. The molecule has 2 N–H and O–H groups in total. The van der Waals surface area contributed by atoms with Crippen molar-refractivity contribution in [1.82, 2.24) is 9.38 Å². The van der Waals surface area contributed by atoms with E-state index >= 15 is 0 Å². The number of benzene rings is 1. The summed E-state index contributed by atoms with van der Waals surface area (Å²) in [4.78, 5) is 4.43. The summed E-state index contributed by atoms with van der Waals surface area (Å²) in [6, 6.07) is 9.87. The number of aromatic nitrogens is 2. The summed E-state index contributed by atoms with van der Waals surface area (Å²) in [7, 11) is 0. The van der Waals surface area contributed by atoms with Crippen molar-refractivity contribution < 1.29 is 4.39 Å². The van der Waals surface area contributed by atoms with E-state index in [2.05, 4.69) is 4.98 Å². The van der Waals surface area contributed by atoms with Crippen molar-refractivity contribution in [1.29, 1.82) is 0 Å². The Labute approximate surface area is 97.3 Å². The molecule has 0 aliphatic carbocycles. The van der Waals surface area contributed by atoms with Gasteiger partial charge in [-0.1, -0.05) is 0 Å². The summed E-state index contributed by atoms with van der Waals surface area (Å²) < 4.78 is 14.7. The number of rotatable bonds is 1. The number of nitrogens with zero attached hydrogens (tertiary/aromatic N) is 2. The van der Waals surface area contributed by atoms with E-state index < -0.39 is 0 Å². The van der Waals surface area contributed by atoms with Gasteiger partial charge in [-0.15, -0.1) is 0 Å². The largest absolute Gasteiger partial charge is 0.399 e. The lowest BCUT2D eigenvalue weighted by atomic mass is 10.2. The average molecular weight is 227 g/mol. The van der Waals surface area contributed by atoms with Crippen LogP contribution in [0.3, 0.4) is 0 Å². The first-order valence-corrected chi connectivity index (χ1v) is 5.22. The Balaban J connectivity index is 2.14. The molecule has 0 saturated heterocycles. The van der Waals surface area contributed by atoms with Gasteiger partial charge in [0.05, 0.1) is 5.69 Å². The second kappa shape index (κ2) is 3.59. The monoisotopic (exact) mass is 227 g/mol. The minimum atomic E-state index is -0.248. The molecular formula is C13H10FN3. The maximum absolute atomic E-state index is 12.8. The zero-order valence-corrected chi connectivity index (χ0v) is 8.97. The van der Waals surface area contributed by atoms with E-state index in [1.807, 2.05) is 22.9 Å². The van der Waals surface area contributed by atoms with Crippen LogP contribution in [0.5, 0.6) is 0 Å². The Kier molecular flexibility index (Phi) is 2.08. The molecule has 2 aromatic heterocycles. The predicted octanol–water partition coefficient (Wildman–Crippen LogP) is 2.72. The van der Waals surface area contributed by atoms with Crippen molar-refractivity contribution in [2.75, 3.05) is 5.73 Å². The van der Waals surface area contributed by atoms with E-state index in [4.69, 9.17) is 5.73 Å². The zero-order chi connectivity index (χ0) is 11.8. The van der Waals surface area contributed by atoms with Crippen molar-refractivity contribution in [2.24, 2.45) is 0 Å². The van der Waals surface area contributed by atoms with Crippen LogP contribution in [0.15, 0.2) is 48.8 Å². The molecule has 0 saturated carbocycles. The van der Waals surface area contributed by atoms with Crippen LogP contribution < -0.4 is 5.73 Å². The molecule has 3 rings (SSSR count). The summed E-state index contributed by atoms with van der Waals surface area (Å²) in [5.41, 5.74) is 8.83. The summed E-state index contributed by atoms with van der Waals surface area (Å²) in [6.07, 6.45) is 3.74. The Morgan fingerprint density at radius 3 is 2.65 bits per heavy atom. The van der Waals surface area contributed by atoms with Crippen molar-refractivity contribution in [3.8, 4) is 11.3 Å². The number of hydrogen-bond donors (Lipinski definition) is 1. The number of anilines is 1. The summed E-state index contributed by atoms with van der Waals surface area (Å²) in [6.45, 7) is 0. The highest BCUT2D eigenvalue weighted by Gasteiger charge is 2.04. The number of halogens is 1. The fraction of sp³-hybridized carbons (Fsp3) is 0. The molecule has 2 heterocycles. The molecule has 17 heavy (non-hydrogen) atoms. The SMILES string of the molecule is Nc1ccn2cc(-c3ccc(F)cc3)nc2c1. The van der Waals surface area contributed by atoms with Crippen molar-refractivity contribution in [3.05, 3.63) is 54.6 Å². The third-order valence-corrected chi connectivity index (χ3v) is 2.62. The topological polar surface area (TPSA) is 43.3 Å². The van der Waals surface area contributed by atoms with Crippen LogP contribution in [0, 0.1) is 5.82 Å². The smallest absolute Gasteiger partial charge is 0.139 e. The minimum Gasteiger partial charge on any atom is -0.399 e. The van der Waals surface area contributed by atoms with E-state index in [0.29, 0.717) is 5.69 Å². The van der Waals surface area contributed by atoms with E-state index in [1.54, 1.807) is 18.2 Å². The Morgan fingerprint density at radius 2 is 1.88 bits per heavy atom. The highest BCUT2D eigenvalue weighted by Crippen LogP contribution is 2.20. The minimum absolute atomic E-state index is 0.248. The molecule has 0 unspecified atom stereocenters. The molecule has 0 aliphatic rings. The molecule has 3 nitrogen and oxygen atoms in total. The summed E-state index contributed by atoms with van der Waals surface area (Å²) in [5, 5.41) is 0. The standard InChI is InChI=1S/C13H10FN3/c14-10-3-1-9(2-4-10)12-8-17-6-5-11(15)7-13(17)16-12/h1-8H,15H2. The average Bonchev–Trinajstić information content (AvgIpc) is 2.72. The fourth-order valence-corrected chi connectivity index (χ4v) is 1.76. The molecule has 0 spiro atoms. The normalized spacial score (nSPS) is 10.9. The van der Waals surface area contributed by atoms with Gasteiger partial charge in [0.2, 0.25) is 0 Å². The van der Waals surface area contributed by atoms with Crippen LogP contribution in [0.2, 0.25) is 0 Å². The third kappa shape index (κ3) is 1.73. The Morgan fingerprint density at radius 1 is 1.12 bits per heavy atom. The highest BCUT2D eigenvalue weighted by molar-refractivity contribution is 5.64. The molecule has 1 aromatic carbocycles. The van der Waals surface area contributed by atoms with E-state index in [-0.39, 0.29) is 5.82 Å². The summed E-state index contributed by atoms with van der Waals surface area (Å²) >= 11 is 0. The molecule has 0 aliphatic heterocycles. The molecule has 4 heteroatoms. The van der Waals surface area contributed by atoms with Gasteiger partial charge in [0.15, 0.2) is 0 Å². The second-order valence-corrected chi connectivity index (χ2v) is 3.86. The Hall–Kier alpha value is -2.36. The van der Waals surface area contributed by atoms with Gasteiger partial charge in [-0.2, -0.15) is 0 Å². The van der Waals surface area contributed by atoms with Crippen LogP contribution in [0.1, 0.15) is 0 Å². The number of nitrogen functional groups attached to an aromatic ring is 1. The van der Waals surface area contributed by atoms with Crippen molar-refractivity contribution >= 4 is 11.3 Å². The van der Waals surface area contributed by atoms with Crippen molar-refractivity contribution in [3.63, 3.8) is 0 Å². The predicted molar refractivity (Wildman–Crippen MR) is 65.0 cm³/mol. The van der Waals surface area contributed by atoms with Crippen LogP contribution >= 0.6 is 0 Å². The molecule has 84 valence electrons. The van der Waals surface area contributed by atoms with Gasteiger partial charge in [0.1, 0.15) is 11.5 Å². The van der Waals surface area contributed by atoms with Crippen LogP contribution in [0.4, 0.5) is 10.1 Å². The highest BCUT2D eigenvalue weighted by atomic mass is 19.1. The van der Waals surface area contributed by atoms with Crippen LogP contribution in [0.25, 0.3) is 16.9 Å². The summed E-state index contributed by atoms with van der Waals surface area (Å²) in [5.74, 6) is -0.248. The second-order valence-electron chi connectivity index (χ2n) is 3.86. The van der Waals surface area contributed by atoms with E-state index in [9.17, 15) is 4.39 Å². The van der Waals surface area contributed by atoms with Gasteiger partial charge in [0.25, 0.3) is 0 Å². The van der Waals surface area contributed by atoms with Gasteiger partial charge in [0, 0.05) is 29.7 Å². The third-order valence-electron chi connectivity index (χ3n) is 2.62.